The number of anilines is 1. The summed E-state index contributed by atoms with van der Waals surface area (Å²) < 4.78 is 9.93. The lowest BCUT2D eigenvalue weighted by Crippen LogP contribution is -2.37. The van der Waals surface area contributed by atoms with E-state index in [1.54, 1.807) is 7.11 Å². The second-order valence-electron chi connectivity index (χ2n) is 4.60. The van der Waals surface area contributed by atoms with Crippen molar-refractivity contribution < 1.29 is 14.3 Å². The number of methoxy groups -OCH3 is 2. The van der Waals surface area contributed by atoms with Gasteiger partial charge in [-0.2, -0.15) is 4.98 Å². The maximum Gasteiger partial charge on any atom is 0.308 e. The van der Waals surface area contributed by atoms with E-state index in [1.165, 1.54) is 7.11 Å². The molecular formula is C13H19N3O3. The standard InChI is InChI=1S/C13H19N3O3/c1-9-14-11(8-12(15-9)18-2)16-6-4-10(5-7-16)13(17)19-3/h8,10H,4-7H2,1-3H3. The summed E-state index contributed by atoms with van der Waals surface area (Å²) in [5.74, 6) is 2.00. The minimum Gasteiger partial charge on any atom is -0.481 e. The molecule has 0 aliphatic carbocycles. The van der Waals surface area contributed by atoms with Crippen molar-refractivity contribution in [3.05, 3.63) is 11.9 Å². The first-order valence-electron chi connectivity index (χ1n) is 6.36. The van der Waals surface area contributed by atoms with E-state index in [0.717, 1.165) is 31.7 Å². The Bertz CT molecular complexity index is 456. The minimum absolute atomic E-state index is 0.00563. The van der Waals surface area contributed by atoms with Gasteiger partial charge in [0.2, 0.25) is 5.88 Å². The van der Waals surface area contributed by atoms with E-state index in [2.05, 4.69) is 14.9 Å². The maximum atomic E-state index is 11.5. The van der Waals surface area contributed by atoms with Gasteiger partial charge in [-0.15, -0.1) is 0 Å². The number of aromatic nitrogens is 2. The van der Waals surface area contributed by atoms with Crippen molar-refractivity contribution in [2.45, 2.75) is 19.8 Å². The first kappa shape index (κ1) is 13.6. The first-order chi connectivity index (χ1) is 9.13. The van der Waals surface area contributed by atoms with E-state index in [4.69, 9.17) is 9.47 Å². The summed E-state index contributed by atoms with van der Waals surface area (Å²) in [6, 6.07) is 1.82. The molecule has 0 saturated carbocycles. The van der Waals surface area contributed by atoms with E-state index >= 15 is 0 Å². The summed E-state index contributed by atoms with van der Waals surface area (Å²) in [5.41, 5.74) is 0. The molecule has 0 bridgehead atoms. The monoisotopic (exact) mass is 265 g/mol. The van der Waals surface area contributed by atoms with Gasteiger partial charge in [-0.3, -0.25) is 4.79 Å². The van der Waals surface area contributed by atoms with Crippen LogP contribution in [0.2, 0.25) is 0 Å². The molecule has 1 aromatic heterocycles. The van der Waals surface area contributed by atoms with Crippen LogP contribution in [-0.4, -0.2) is 43.2 Å². The number of aryl methyl sites for hydroxylation is 1. The largest absolute Gasteiger partial charge is 0.481 e. The van der Waals surface area contributed by atoms with Crippen molar-refractivity contribution in [3.8, 4) is 5.88 Å². The molecule has 0 radical (unpaired) electrons. The molecule has 1 saturated heterocycles. The highest BCUT2D eigenvalue weighted by Gasteiger charge is 2.26. The fraction of sp³-hybridized carbons (Fsp3) is 0.615. The minimum atomic E-state index is -0.115. The number of hydrogen-bond donors (Lipinski definition) is 0. The van der Waals surface area contributed by atoms with Crippen LogP contribution in [0.25, 0.3) is 0 Å². The van der Waals surface area contributed by atoms with Gasteiger partial charge in [0.05, 0.1) is 20.1 Å². The van der Waals surface area contributed by atoms with Crippen LogP contribution in [-0.2, 0) is 9.53 Å². The second kappa shape index (κ2) is 5.86. The molecule has 19 heavy (non-hydrogen) atoms. The zero-order chi connectivity index (χ0) is 13.8. The molecule has 2 heterocycles. The fourth-order valence-corrected chi connectivity index (χ4v) is 2.30. The number of piperidine rings is 1. The SMILES string of the molecule is COC(=O)C1CCN(c2cc(OC)nc(C)n2)CC1. The smallest absolute Gasteiger partial charge is 0.308 e. The van der Waals surface area contributed by atoms with Crippen LogP contribution in [0.1, 0.15) is 18.7 Å². The number of carbonyl (C=O) groups is 1. The summed E-state index contributed by atoms with van der Waals surface area (Å²) in [7, 11) is 3.03. The number of ether oxygens (including phenoxy) is 2. The molecule has 1 aliphatic rings. The Hall–Kier alpha value is -1.85. The lowest BCUT2D eigenvalue weighted by atomic mass is 9.97. The van der Waals surface area contributed by atoms with Gasteiger partial charge in [-0.1, -0.05) is 0 Å². The summed E-state index contributed by atoms with van der Waals surface area (Å²) in [6.07, 6.45) is 1.58. The third kappa shape index (κ3) is 3.13. The van der Waals surface area contributed by atoms with Gasteiger partial charge in [0, 0.05) is 19.2 Å². The fourth-order valence-electron chi connectivity index (χ4n) is 2.30. The molecule has 0 spiro atoms. The molecule has 0 amide bonds. The molecule has 1 aromatic rings. The first-order valence-corrected chi connectivity index (χ1v) is 6.36. The van der Waals surface area contributed by atoms with Crippen LogP contribution in [0, 0.1) is 12.8 Å². The lowest BCUT2D eigenvalue weighted by Gasteiger charge is -2.31. The second-order valence-corrected chi connectivity index (χ2v) is 4.60. The molecule has 2 rings (SSSR count). The molecule has 6 heteroatoms. The van der Waals surface area contributed by atoms with Crippen molar-refractivity contribution in [1.29, 1.82) is 0 Å². The Morgan fingerprint density at radius 3 is 2.58 bits per heavy atom. The van der Waals surface area contributed by atoms with Crippen molar-refractivity contribution in [1.82, 2.24) is 9.97 Å². The van der Waals surface area contributed by atoms with E-state index < -0.39 is 0 Å². The van der Waals surface area contributed by atoms with Gasteiger partial charge in [0.25, 0.3) is 0 Å². The topological polar surface area (TPSA) is 64.5 Å². The van der Waals surface area contributed by atoms with Gasteiger partial charge in [-0.05, 0) is 19.8 Å². The normalized spacial score (nSPS) is 16.3. The van der Waals surface area contributed by atoms with E-state index in [0.29, 0.717) is 11.7 Å². The molecule has 104 valence electrons. The summed E-state index contributed by atoms with van der Waals surface area (Å²) in [6.45, 7) is 3.42. The van der Waals surface area contributed by atoms with Gasteiger partial charge < -0.3 is 14.4 Å². The molecular weight excluding hydrogens is 246 g/mol. The van der Waals surface area contributed by atoms with Gasteiger partial charge in [0.15, 0.2) is 0 Å². The van der Waals surface area contributed by atoms with Crippen molar-refractivity contribution in [2.24, 2.45) is 5.92 Å². The maximum absolute atomic E-state index is 11.5. The summed E-state index contributed by atoms with van der Waals surface area (Å²) >= 11 is 0. The Labute approximate surface area is 112 Å². The highest BCUT2D eigenvalue weighted by atomic mass is 16.5. The zero-order valence-corrected chi connectivity index (χ0v) is 11.5. The van der Waals surface area contributed by atoms with Crippen molar-refractivity contribution in [3.63, 3.8) is 0 Å². The van der Waals surface area contributed by atoms with Gasteiger partial charge in [-0.25, -0.2) is 4.98 Å². The molecule has 0 unspecified atom stereocenters. The average Bonchev–Trinajstić information content (AvgIpc) is 2.46. The van der Waals surface area contributed by atoms with Crippen LogP contribution in [0.4, 0.5) is 5.82 Å². The average molecular weight is 265 g/mol. The molecule has 6 nitrogen and oxygen atoms in total. The highest BCUT2D eigenvalue weighted by Crippen LogP contribution is 2.24. The van der Waals surface area contributed by atoms with Crippen LogP contribution < -0.4 is 9.64 Å². The predicted molar refractivity (Wildman–Crippen MR) is 70.3 cm³/mol. The molecule has 1 aliphatic heterocycles. The van der Waals surface area contributed by atoms with Crippen LogP contribution in [0.15, 0.2) is 6.07 Å². The third-order valence-electron chi connectivity index (χ3n) is 3.36. The number of nitrogens with zero attached hydrogens (tertiary/aromatic N) is 3. The zero-order valence-electron chi connectivity index (χ0n) is 11.5. The number of rotatable bonds is 3. The van der Waals surface area contributed by atoms with Gasteiger partial charge >= 0.3 is 5.97 Å². The quantitative estimate of drug-likeness (QED) is 0.765. The Morgan fingerprint density at radius 2 is 2.00 bits per heavy atom. The van der Waals surface area contributed by atoms with Crippen LogP contribution in [0.3, 0.4) is 0 Å². The molecule has 0 aromatic carbocycles. The van der Waals surface area contributed by atoms with E-state index in [1.807, 2.05) is 13.0 Å². The van der Waals surface area contributed by atoms with Gasteiger partial charge in [0.1, 0.15) is 11.6 Å². The van der Waals surface area contributed by atoms with E-state index in [-0.39, 0.29) is 11.9 Å². The molecule has 0 N–H and O–H groups in total. The third-order valence-corrected chi connectivity index (χ3v) is 3.36. The highest BCUT2D eigenvalue weighted by molar-refractivity contribution is 5.72. The number of esters is 1. The number of carbonyl (C=O) groups excluding carboxylic acids is 1. The van der Waals surface area contributed by atoms with Crippen LogP contribution >= 0.6 is 0 Å². The Morgan fingerprint density at radius 1 is 1.32 bits per heavy atom. The Kier molecular flexibility index (Phi) is 4.19. The van der Waals surface area contributed by atoms with Crippen molar-refractivity contribution in [2.75, 3.05) is 32.2 Å². The molecule has 1 fully saturated rings. The summed E-state index contributed by atoms with van der Waals surface area (Å²) in [5, 5.41) is 0. The van der Waals surface area contributed by atoms with E-state index in [9.17, 15) is 4.79 Å². The summed E-state index contributed by atoms with van der Waals surface area (Å²) in [4.78, 5) is 22.2. The van der Waals surface area contributed by atoms with Crippen molar-refractivity contribution >= 4 is 11.8 Å². The Balaban J connectivity index is 2.05. The predicted octanol–water partition coefficient (Wildman–Crippen LogP) is 1.18. The lowest BCUT2D eigenvalue weighted by molar-refractivity contribution is -0.146. The van der Waals surface area contributed by atoms with Crippen LogP contribution in [0.5, 0.6) is 5.88 Å². The number of hydrogen-bond acceptors (Lipinski definition) is 6. The molecule has 0 atom stereocenters.